The van der Waals surface area contributed by atoms with Crippen molar-refractivity contribution in [2.24, 2.45) is 17.4 Å². The monoisotopic (exact) mass is 944 g/mol. The summed E-state index contributed by atoms with van der Waals surface area (Å²) in [7, 11) is 0. The Morgan fingerprint density at radius 2 is 0.985 bits per heavy atom. The van der Waals surface area contributed by atoms with Crippen LogP contribution in [0.5, 0.6) is 0 Å². The van der Waals surface area contributed by atoms with Crippen molar-refractivity contribution in [3.05, 3.63) is 76.3 Å². The highest BCUT2D eigenvalue weighted by Gasteiger charge is 2.35. The van der Waals surface area contributed by atoms with E-state index in [0.717, 1.165) is 9.80 Å². The van der Waals surface area contributed by atoms with Crippen molar-refractivity contribution in [2.75, 3.05) is 59.3 Å². The van der Waals surface area contributed by atoms with Crippen LogP contribution in [0.2, 0.25) is 0 Å². The number of ether oxygens (including phenoxy) is 5. The van der Waals surface area contributed by atoms with Gasteiger partial charge in [-0.05, 0) is 93.5 Å². The summed E-state index contributed by atoms with van der Waals surface area (Å²) >= 11 is 2.78. The molecule has 2 aromatic carbocycles. The lowest BCUT2D eigenvalue weighted by Crippen LogP contribution is -2.34. The summed E-state index contributed by atoms with van der Waals surface area (Å²) in [6.07, 6.45) is 0.714. The number of imide groups is 2. The lowest BCUT2D eigenvalue weighted by molar-refractivity contribution is -0.161. The molecular weight excluding hydrogens is 875 g/mol. The molecule has 2 heterocycles. The first-order chi connectivity index (χ1) is 30.4. The number of carbonyl (C=O) groups is 7. The molecule has 10 N–H and O–H groups in total. The normalized spacial score (nSPS) is 12.1. The number of nitrogens with two attached hydrogens (primary N) is 3. The lowest BCUT2D eigenvalue weighted by atomic mass is 10.1. The summed E-state index contributed by atoms with van der Waals surface area (Å²) in [6.45, 7) is 18.5. The first-order valence-corrected chi connectivity index (χ1v) is 19.5. The Morgan fingerprint density at radius 1 is 0.677 bits per heavy atom. The molecule has 0 radical (unpaired) electrons. The largest absolute Gasteiger partial charge is 0.458 e. The Morgan fingerprint density at radius 3 is 1.26 bits per heavy atom. The molecule has 2 aliphatic rings. The quantitative estimate of drug-likeness (QED) is 0.0228. The van der Waals surface area contributed by atoms with Gasteiger partial charge in [-0.25, -0.2) is 14.4 Å². The van der Waals surface area contributed by atoms with Crippen molar-refractivity contribution in [1.29, 1.82) is 1.12 Å². The topological polar surface area (TPSA) is 359 Å². The molecule has 65 heavy (non-hydrogen) atoms. The number of nitrogens with zero attached hydrogens (tertiary/aromatic N) is 4. The van der Waals surface area contributed by atoms with E-state index in [0.29, 0.717) is 41.6 Å². The third-order valence-electron chi connectivity index (χ3n) is 6.65. The minimum absolute atomic E-state index is 0. The number of aliphatic hydroxyl groups excluding tert-OH is 2. The average molecular weight is 945 g/mol. The van der Waals surface area contributed by atoms with Crippen molar-refractivity contribution in [2.45, 2.75) is 86.0 Å². The molecule has 4 amide bonds. The van der Waals surface area contributed by atoms with E-state index in [2.05, 4.69) is 29.9 Å². The SMILES string of the molecule is CC(C)(C)OC(=O)C=[N+]=[N-].CC(C)(C)OC(=O)COCCN.CC(C)(C)OC(=O)COCCN1C(=O)c2ccccc2C1=O.CCO.NN.O.O=C1c2ccccc2C(=O)N1CCO.[2H]S. The van der Waals surface area contributed by atoms with Crippen LogP contribution in [0.4, 0.5) is 0 Å². The third kappa shape index (κ3) is 28.1. The van der Waals surface area contributed by atoms with Crippen molar-refractivity contribution in [3.63, 3.8) is 0 Å². The van der Waals surface area contributed by atoms with E-state index >= 15 is 0 Å². The van der Waals surface area contributed by atoms with Gasteiger partial charge in [-0.15, -0.1) is 0 Å². The molecule has 2 aromatic rings. The fourth-order valence-electron chi connectivity index (χ4n) is 4.65. The van der Waals surface area contributed by atoms with Crippen LogP contribution in [0.25, 0.3) is 5.53 Å². The number of amides is 4. The number of fused-ring (bicyclic) bond motifs is 2. The maximum Gasteiger partial charge on any atom is 0.414 e. The lowest BCUT2D eigenvalue weighted by Gasteiger charge is -2.19. The first-order valence-electron chi connectivity index (χ1n) is 20.0. The molecule has 0 aromatic heterocycles. The number of β-amino-alcohol motifs (C(OH)–C–C–N with tert-alkyl or cyclic N) is 1. The van der Waals surface area contributed by atoms with Crippen molar-refractivity contribution < 1.29 is 77.7 Å². The zero-order valence-electron chi connectivity index (χ0n) is 39.8. The van der Waals surface area contributed by atoms with E-state index < -0.39 is 28.7 Å². The van der Waals surface area contributed by atoms with Crippen LogP contribution >= 0.6 is 13.4 Å². The number of hydrogen-bond donors (Lipinski definition) is 5. The maximum atomic E-state index is 12.1. The summed E-state index contributed by atoms with van der Waals surface area (Å²) in [5.41, 5.74) is 13.2. The van der Waals surface area contributed by atoms with Gasteiger partial charge in [0.05, 0.1) is 56.3 Å². The Hall–Kier alpha value is -5.46. The zero-order chi connectivity index (χ0) is 51.0. The number of carbonyl (C=O) groups excluding carboxylic acids is 7. The molecule has 4 rings (SSSR count). The summed E-state index contributed by atoms with van der Waals surface area (Å²) in [6, 6.07) is 13.3. The smallest absolute Gasteiger partial charge is 0.414 e. The zero-order valence-corrected chi connectivity index (χ0v) is 39.7. The second-order valence-corrected chi connectivity index (χ2v) is 15.5. The highest BCUT2D eigenvalue weighted by molar-refractivity contribution is 7.59. The van der Waals surface area contributed by atoms with E-state index in [1.54, 1.807) is 97.0 Å². The minimum atomic E-state index is -0.644. The first kappa shape index (κ1) is 63.8. The maximum absolute atomic E-state index is 12.1. The van der Waals surface area contributed by atoms with E-state index in [-0.39, 0.29) is 81.2 Å². The van der Waals surface area contributed by atoms with Gasteiger partial charge >= 0.3 is 24.1 Å². The second kappa shape index (κ2) is 34.0. The highest BCUT2D eigenvalue weighted by atomic mass is 32.1. The molecule has 0 bridgehead atoms. The number of hydrogen-bond acceptors (Lipinski definition) is 17. The van der Waals surface area contributed by atoms with Gasteiger partial charge in [-0.2, -0.15) is 18.2 Å². The van der Waals surface area contributed by atoms with Gasteiger partial charge in [-0.3, -0.25) is 40.7 Å². The molecule has 0 unspecified atom stereocenters. The van der Waals surface area contributed by atoms with E-state index in [1.807, 2.05) is 20.8 Å². The molecular formula is C42H69N7O15S. The second-order valence-electron chi connectivity index (χ2n) is 15.5. The van der Waals surface area contributed by atoms with Crippen LogP contribution in [0.15, 0.2) is 48.5 Å². The molecule has 0 spiro atoms. The third-order valence-corrected chi connectivity index (χ3v) is 6.65. The van der Waals surface area contributed by atoms with Gasteiger partial charge in [0.1, 0.15) is 30.0 Å². The standard InChI is InChI=1S/C16H19NO5.C10H9NO3.C8H17NO3.C6H10N2O2.C2H6O.H4N2.H2O.H2S/c1-16(2,3)22-13(18)10-21-9-8-17-14(19)11-6-4-5-7-12(11)15(17)20;12-6-5-11-9(13)7-3-1-2-4-8(7)10(11)14;1-8(2,3)12-7(10)6-11-5-4-9;1-6(2,3)10-5(9)4-8-7;1-2-3;1-2;;/h4-7H,8-10H2,1-3H3;1-4,12H,5-6H2;4-6,9H2,1-3H3;4H,1-3H3;3H,2H2,1H3;1-2H2;2*1H2/i/hD. The molecule has 22 nitrogen and oxygen atoms in total. The fourth-order valence-corrected chi connectivity index (χ4v) is 4.65. The number of aliphatic hydroxyl groups is 2. The van der Waals surface area contributed by atoms with Crippen molar-refractivity contribution in [1.82, 2.24) is 9.80 Å². The number of benzene rings is 2. The number of rotatable bonds is 12. The molecule has 0 saturated carbocycles. The molecule has 0 atom stereocenters. The van der Waals surface area contributed by atoms with Crippen LogP contribution in [0, 0.1) is 0 Å². The predicted molar refractivity (Wildman–Crippen MR) is 244 cm³/mol. The van der Waals surface area contributed by atoms with E-state index in [9.17, 15) is 33.6 Å². The Kier molecular flexibility index (Phi) is 33.4. The number of hydrazine groups is 1. The van der Waals surface area contributed by atoms with Crippen LogP contribution in [-0.4, -0.2) is 155 Å². The highest BCUT2D eigenvalue weighted by Crippen LogP contribution is 2.23. The van der Waals surface area contributed by atoms with Crippen LogP contribution in [0.3, 0.4) is 0 Å². The Bertz CT molecular complexity index is 1780. The average Bonchev–Trinajstić information content (AvgIpc) is 3.60. The molecule has 0 saturated heterocycles. The molecule has 2 aliphatic heterocycles. The Labute approximate surface area is 388 Å². The van der Waals surface area contributed by atoms with Crippen LogP contribution in [0.1, 0.15) is 111 Å². The summed E-state index contributed by atoms with van der Waals surface area (Å²) in [4.78, 5) is 85.0. The van der Waals surface area contributed by atoms with Gasteiger partial charge in [-0.1, -0.05) is 24.3 Å². The van der Waals surface area contributed by atoms with Gasteiger partial charge in [0.15, 0.2) is 0 Å². The molecule has 0 fully saturated rings. The fraction of sp³-hybridized carbons (Fsp3) is 0.524. The van der Waals surface area contributed by atoms with E-state index in [1.165, 1.54) is 0 Å². The molecule has 368 valence electrons. The van der Waals surface area contributed by atoms with Gasteiger partial charge in [0.25, 0.3) is 23.6 Å². The van der Waals surface area contributed by atoms with Gasteiger partial charge < -0.3 is 50.6 Å². The van der Waals surface area contributed by atoms with Crippen molar-refractivity contribution in [3.8, 4) is 0 Å². The summed E-state index contributed by atoms with van der Waals surface area (Å²) in [5, 5.41) is 16.3. The van der Waals surface area contributed by atoms with Crippen LogP contribution in [-0.2, 0) is 38.1 Å². The Balaban J connectivity index is -0.000000384. The van der Waals surface area contributed by atoms with Gasteiger partial charge in [0, 0.05) is 13.2 Å². The minimum Gasteiger partial charge on any atom is -0.458 e. The van der Waals surface area contributed by atoms with E-state index in [4.69, 9.17) is 46.3 Å². The van der Waals surface area contributed by atoms with Crippen molar-refractivity contribution >= 4 is 61.2 Å². The molecule has 23 heteroatoms. The number of esters is 3. The molecule has 0 aliphatic carbocycles. The predicted octanol–water partition coefficient (Wildman–Crippen LogP) is 0.953. The van der Waals surface area contributed by atoms with Gasteiger partial charge in [0.2, 0.25) is 0 Å². The summed E-state index contributed by atoms with van der Waals surface area (Å²) < 4.78 is 30.3. The van der Waals surface area contributed by atoms with Crippen LogP contribution < -0.4 is 17.4 Å². The summed E-state index contributed by atoms with van der Waals surface area (Å²) in [5.74, 6) is 5.23.